The Bertz CT molecular complexity index is 1110. The lowest BCUT2D eigenvalue weighted by atomic mass is 9.94. The Morgan fingerprint density at radius 3 is 2.12 bits per heavy atom. The maximum absolute atomic E-state index is 10.6. The summed E-state index contributed by atoms with van der Waals surface area (Å²) in [4.78, 5) is 0. The van der Waals surface area contributed by atoms with Crippen molar-refractivity contribution in [2.45, 2.75) is 6.42 Å². The van der Waals surface area contributed by atoms with Gasteiger partial charge in [0.15, 0.2) is 0 Å². The number of phenols is 1. The van der Waals surface area contributed by atoms with E-state index in [-0.39, 0.29) is 0 Å². The van der Waals surface area contributed by atoms with E-state index in [4.69, 9.17) is 0 Å². The molecule has 0 heterocycles. The lowest BCUT2D eigenvalue weighted by Crippen LogP contribution is -1.89. The summed E-state index contributed by atoms with van der Waals surface area (Å²) in [6.07, 6.45) is 0.947. The molecular weight excluding hydrogens is 316 g/mol. The van der Waals surface area contributed by atoms with E-state index in [1.165, 1.54) is 27.8 Å². The number of rotatable bonds is 2. The maximum Gasteiger partial charge on any atom is 0.124 e. The van der Waals surface area contributed by atoms with Gasteiger partial charge >= 0.3 is 0 Å². The molecule has 1 N–H and O–H groups in total. The van der Waals surface area contributed by atoms with E-state index in [2.05, 4.69) is 48.5 Å². The van der Waals surface area contributed by atoms with Gasteiger partial charge in [-0.15, -0.1) is 0 Å². The van der Waals surface area contributed by atoms with Gasteiger partial charge in [-0.1, -0.05) is 84.9 Å². The quantitative estimate of drug-likeness (QED) is 0.402. The summed E-state index contributed by atoms with van der Waals surface area (Å²) < 4.78 is 0. The van der Waals surface area contributed by atoms with E-state index in [1.807, 2.05) is 42.5 Å². The fourth-order valence-corrected chi connectivity index (χ4v) is 3.99. The monoisotopic (exact) mass is 334 g/mol. The van der Waals surface area contributed by atoms with Gasteiger partial charge in [0, 0.05) is 5.56 Å². The second-order valence-corrected chi connectivity index (χ2v) is 6.76. The van der Waals surface area contributed by atoms with Crippen LogP contribution in [0.1, 0.15) is 11.1 Å². The Balaban J connectivity index is 1.61. The van der Waals surface area contributed by atoms with Crippen LogP contribution < -0.4 is 0 Å². The summed E-state index contributed by atoms with van der Waals surface area (Å²) in [5, 5.41) is 10.6. The predicted octanol–water partition coefficient (Wildman–Crippen LogP) is 6.30. The Kier molecular flexibility index (Phi) is 3.39. The van der Waals surface area contributed by atoms with Gasteiger partial charge in [-0.2, -0.15) is 0 Å². The second kappa shape index (κ2) is 5.89. The molecule has 0 atom stereocenters. The number of fused-ring (bicyclic) bond motifs is 3. The molecular formula is C25H18O. The first-order valence-corrected chi connectivity index (χ1v) is 8.90. The largest absolute Gasteiger partial charge is 0.507 e. The van der Waals surface area contributed by atoms with Crippen molar-refractivity contribution in [3.63, 3.8) is 0 Å². The van der Waals surface area contributed by atoms with E-state index >= 15 is 0 Å². The Morgan fingerprint density at radius 2 is 1.27 bits per heavy atom. The molecule has 1 aliphatic carbocycles. The van der Waals surface area contributed by atoms with E-state index in [0.717, 1.165) is 23.1 Å². The van der Waals surface area contributed by atoms with Crippen LogP contribution in [0.15, 0.2) is 91.0 Å². The molecule has 1 aliphatic rings. The molecule has 0 fully saturated rings. The lowest BCUT2D eigenvalue weighted by molar-refractivity contribution is 0.477. The van der Waals surface area contributed by atoms with Crippen LogP contribution in [-0.4, -0.2) is 5.11 Å². The molecule has 5 rings (SSSR count). The molecule has 0 spiro atoms. The van der Waals surface area contributed by atoms with Gasteiger partial charge in [0.05, 0.1) is 0 Å². The van der Waals surface area contributed by atoms with Gasteiger partial charge < -0.3 is 5.11 Å². The third-order valence-electron chi connectivity index (χ3n) is 5.24. The SMILES string of the molecule is Oc1cc(-c2cccc3c2Cc2ccccc2-3)ccc1-c1ccccc1. The van der Waals surface area contributed by atoms with Crippen LogP contribution >= 0.6 is 0 Å². The van der Waals surface area contributed by atoms with E-state index < -0.39 is 0 Å². The second-order valence-electron chi connectivity index (χ2n) is 6.76. The van der Waals surface area contributed by atoms with Crippen LogP contribution in [0.3, 0.4) is 0 Å². The highest BCUT2D eigenvalue weighted by Crippen LogP contribution is 2.42. The summed E-state index contributed by atoms with van der Waals surface area (Å²) in [7, 11) is 0. The number of aromatic hydroxyl groups is 1. The number of phenolic OH excluding ortho intramolecular Hbond substituents is 1. The van der Waals surface area contributed by atoms with Gasteiger partial charge in [0.25, 0.3) is 0 Å². The predicted molar refractivity (Wildman–Crippen MR) is 107 cm³/mol. The van der Waals surface area contributed by atoms with E-state index in [0.29, 0.717) is 5.75 Å². The molecule has 1 nitrogen and oxygen atoms in total. The minimum absolute atomic E-state index is 0.321. The fraction of sp³-hybridized carbons (Fsp3) is 0.0400. The molecule has 4 aromatic rings. The third kappa shape index (κ3) is 2.33. The molecule has 0 unspecified atom stereocenters. The van der Waals surface area contributed by atoms with Gasteiger partial charge in [0.2, 0.25) is 0 Å². The van der Waals surface area contributed by atoms with Gasteiger partial charge in [-0.25, -0.2) is 0 Å². The first kappa shape index (κ1) is 15.0. The highest BCUT2D eigenvalue weighted by molar-refractivity contribution is 5.86. The molecule has 0 bridgehead atoms. The molecule has 26 heavy (non-hydrogen) atoms. The van der Waals surface area contributed by atoms with Crippen molar-refractivity contribution in [3.8, 4) is 39.1 Å². The molecule has 124 valence electrons. The molecule has 0 radical (unpaired) electrons. The molecule has 0 aliphatic heterocycles. The normalized spacial score (nSPS) is 11.8. The molecule has 0 saturated carbocycles. The minimum atomic E-state index is 0.321. The van der Waals surface area contributed by atoms with Crippen LogP contribution in [0.25, 0.3) is 33.4 Å². The zero-order valence-electron chi connectivity index (χ0n) is 14.3. The first-order chi connectivity index (χ1) is 12.8. The lowest BCUT2D eigenvalue weighted by Gasteiger charge is -2.11. The van der Waals surface area contributed by atoms with Crippen molar-refractivity contribution in [1.82, 2.24) is 0 Å². The maximum atomic E-state index is 10.6. The summed E-state index contributed by atoms with van der Waals surface area (Å²) in [5.41, 5.74) is 9.52. The van der Waals surface area contributed by atoms with Crippen LogP contribution in [0.5, 0.6) is 5.75 Å². The average Bonchev–Trinajstić information content (AvgIpc) is 3.07. The summed E-state index contributed by atoms with van der Waals surface area (Å²) in [6, 6.07) is 31.1. The highest BCUT2D eigenvalue weighted by Gasteiger charge is 2.21. The number of hydrogen-bond donors (Lipinski definition) is 1. The van der Waals surface area contributed by atoms with E-state index in [9.17, 15) is 5.11 Å². The van der Waals surface area contributed by atoms with Crippen molar-refractivity contribution in [3.05, 3.63) is 102 Å². The molecule has 1 heteroatoms. The van der Waals surface area contributed by atoms with Crippen LogP contribution in [0, 0.1) is 0 Å². The average molecular weight is 334 g/mol. The standard InChI is InChI=1S/C25H18O/c26-25-16-19(13-14-22(25)17-7-2-1-3-8-17)21-11-6-12-23-20-10-5-4-9-18(20)15-24(21)23/h1-14,16,26H,15H2. The van der Waals surface area contributed by atoms with Crippen molar-refractivity contribution in [1.29, 1.82) is 0 Å². The van der Waals surface area contributed by atoms with Crippen molar-refractivity contribution < 1.29 is 5.11 Å². The minimum Gasteiger partial charge on any atom is -0.507 e. The highest BCUT2D eigenvalue weighted by atomic mass is 16.3. The van der Waals surface area contributed by atoms with E-state index in [1.54, 1.807) is 0 Å². The smallest absolute Gasteiger partial charge is 0.124 e. The van der Waals surface area contributed by atoms with Gasteiger partial charge in [0.1, 0.15) is 5.75 Å². The Labute approximate surface area is 153 Å². The summed E-state index contributed by atoms with van der Waals surface area (Å²) in [6.45, 7) is 0. The van der Waals surface area contributed by atoms with Crippen molar-refractivity contribution in [2.24, 2.45) is 0 Å². The molecule has 0 saturated heterocycles. The number of hydrogen-bond acceptors (Lipinski definition) is 1. The third-order valence-corrected chi connectivity index (χ3v) is 5.24. The topological polar surface area (TPSA) is 20.2 Å². The zero-order valence-corrected chi connectivity index (χ0v) is 14.3. The van der Waals surface area contributed by atoms with Crippen molar-refractivity contribution in [2.75, 3.05) is 0 Å². The fourth-order valence-electron chi connectivity index (χ4n) is 3.99. The van der Waals surface area contributed by atoms with Crippen LogP contribution in [-0.2, 0) is 6.42 Å². The van der Waals surface area contributed by atoms with Crippen LogP contribution in [0.2, 0.25) is 0 Å². The van der Waals surface area contributed by atoms with Gasteiger partial charge in [-0.05, 0) is 51.4 Å². The van der Waals surface area contributed by atoms with Gasteiger partial charge in [-0.3, -0.25) is 0 Å². The summed E-state index contributed by atoms with van der Waals surface area (Å²) >= 11 is 0. The Morgan fingerprint density at radius 1 is 0.538 bits per heavy atom. The molecule has 0 amide bonds. The number of benzene rings is 4. The first-order valence-electron chi connectivity index (χ1n) is 8.90. The zero-order chi connectivity index (χ0) is 17.5. The summed E-state index contributed by atoms with van der Waals surface area (Å²) in [5.74, 6) is 0.321. The van der Waals surface area contributed by atoms with Crippen molar-refractivity contribution >= 4 is 0 Å². The molecule has 4 aromatic carbocycles. The Hall–Kier alpha value is -3.32. The van der Waals surface area contributed by atoms with Crippen LogP contribution in [0.4, 0.5) is 0 Å². The molecule has 0 aromatic heterocycles.